The Hall–Kier alpha value is -1.04. The molecule has 0 bridgehead atoms. The third-order valence-corrected chi connectivity index (χ3v) is 2.63. The van der Waals surface area contributed by atoms with Gasteiger partial charge < -0.3 is 5.11 Å². The first-order valence-corrected chi connectivity index (χ1v) is 5.79. The molecule has 18 heavy (non-hydrogen) atoms. The molecule has 104 valence electrons. The Labute approximate surface area is 105 Å². The maximum atomic E-state index is 12.1. The average Bonchev–Trinajstić information content (AvgIpc) is 2.55. The summed E-state index contributed by atoms with van der Waals surface area (Å²) in [6, 6.07) is 0. The van der Waals surface area contributed by atoms with Crippen molar-refractivity contribution in [1.82, 2.24) is 9.78 Å². The lowest BCUT2D eigenvalue weighted by atomic mass is 9.87. The van der Waals surface area contributed by atoms with E-state index in [4.69, 9.17) is 0 Å². The first-order valence-electron chi connectivity index (χ1n) is 5.79. The Morgan fingerprint density at radius 3 is 2.33 bits per heavy atom. The molecule has 1 aromatic rings. The number of halogens is 3. The van der Waals surface area contributed by atoms with Crippen LogP contribution in [0.2, 0.25) is 0 Å². The molecule has 1 heterocycles. The third-order valence-electron chi connectivity index (χ3n) is 2.63. The zero-order chi connectivity index (χ0) is 14.1. The molecule has 0 amide bonds. The number of aryl methyl sites for hydroxylation is 1. The summed E-state index contributed by atoms with van der Waals surface area (Å²) in [5.74, 6) is 0. The van der Waals surface area contributed by atoms with Crippen LogP contribution in [0, 0.1) is 0 Å². The van der Waals surface area contributed by atoms with Crippen molar-refractivity contribution in [2.45, 2.75) is 51.3 Å². The first-order chi connectivity index (χ1) is 8.00. The number of hydrogen-bond acceptors (Lipinski definition) is 2. The van der Waals surface area contributed by atoms with Gasteiger partial charge in [0.25, 0.3) is 0 Å². The molecule has 3 nitrogen and oxygen atoms in total. The van der Waals surface area contributed by atoms with Crippen LogP contribution in [0.4, 0.5) is 13.2 Å². The number of alkyl halides is 3. The monoisotopic (exact) mass is 264 g/mol. The second kappa shape index (κ2) is 4.91. The van der Waals surface area contributed by atoms with Gasteiger partial charge in [-0.1, -0.05) is 20.8 Å². The van der Waals surface area contributed by atoms with Gasteiger partial charge in [-0.2, -0.15) is 18.3 Å². The fourth-order valence-corrected chi connectivity index (χ4v) is 1.79. The van der Waals surface area contributed by atoms with E-state index in [2.05, 4.69) is 5.10 Å². The van der Waals surface area contributed by atoms with Crippen LogP contribution in [-0.4, -0.2) is 21.1 Å². The van der Waals surface area contributed by atoms with Gasteiger partial charge in [0.1, 0.15) is 0 Å². The largest absolute Gasteiger partial charge is 0.389 e. The minimum absolute atomic E-state index is 0.310. The van der Waals surface area contributed by atoms with E-state index in [9.17, 15) is 18.3 Å². The van der Waals surface area contributed by atoms with E-state index >= 15 is 0 Å². The molecule has 1 atom stereocenters. The zero-order valence-electron chi connectivity index (χ0n) is 11.0. The Morgan fingerprint density at radius 1 is 1.33 bits per heavy atom. The maximum absolute atomic E-state index is 12.1. The molecule has 0 aliphatic rings. The van der Waals surface area contributed by atoms with Crippen LogP contribution >= 0.6 is 0 Å². The summed E-state index contributed by atoms with van der Waals surface area (Å²) in [7, 11) is 1.69. The minimum atomic E-state index is -4.24. The molecule has 0 aromatic carbocycles. The van der Waals surface area contributed by atoms with E-state index in [1.807, 2.05) is 20.8 Å². The van der Waals surface area contributed by atoms with Crippen molar-refractivity contribution >= 4 is 0 Å². The predicted molar refractivity (Wildman–Crippen MR) is 62.2 cm³/mol. The first kappa shape index (κ1) is 15.0. The topological polar surface area (TPSA) is 38.0 Å². The maximum Gasteiger partial charge on any atom is 0.389 e. The summed E-state index contributed by atoms with van der Waals surface area (Å²) in [6.07, 6.45) is -5.12. The molecule has 0 saturated carbocycles. The highest BCUT2D eigenvalue weighted by Gasteiger charge is 2.31. The van der Waals surface area contributed by atoms with E-state index in [0.29, 0.717) is 11.3 Å². The summed E-state index contributed by atoms with van der Waals surface area (Å²) in [5, 5.41) is 14.1. The van der Waals surface area contributed by atoms with Gasteiger partial charge in [0.2, 0.25) is 0 Å². The Kier molecular flexibility index (Phi) is 4.10. The summed E-state index contributed by atoms with van der Waals surface area (Å²) in [5.41, 5.74) is 0.810. The average molecular weight is 264 g/mol. The second-order valence-corrected chi connectivity index (χ2v) is 5.53. The van der Waals surface area contributed by atoms with Crippen LogP contribution in [0.3, 0.4) is 0 Å². The summed E-state index contributed by atoms with van der Waals surface area (Å²) >= 11 is 0. The van der Waals surface area contributed by atoms with Gasteiger partial charge in [-0.3, -0.25) is 4.68 Å². The Bertz CT molecular complexity index is 404. The van der Waals surface area contributed by atoms with E-state index in [1.165, 1.54) is 4.68 Å². The molecule has 0 fully saturated rings. The molecular formula is C12H19F3N2O. The highest BCUT2D eigenvalue weighted by molar-refractivity contribution is 5.26. The van der Waals surface area contributed by atoms with Crippen molar-refractivity contribution in [2.24, 2.45) is 7.05 Å². The number of rotatable bonds is 3. The highest BCUT2D eigenvalue weighted by atomic mass is 19.4. The van der Waals surface area contributed by atoms with Crippen molar-refractivity contribution in [3.8, 4) is 0 Å². The molecule has 1 aromatic heterocycles. The minimum Gasteiger partial charge on any atom is -0.388 e. The van der Waals surface area contributed by atoms with Crippen molar-refractivity contribution in [3.05, 3.63) is 17.5 Å². The van der Waals surface area contributed by atoms with Gasteiger partial charge in [0.05, 0.1) is 11.8 Å². The summed E-state index contributed by atoms with van der Waals surface area (Å²) in [6.45, 7) is 5.74. The SMILES string of the molecule is Cn1cc(C(O)CCC(F)(F)F)c(C(C)(C)C)n1. The molecule has 1 unspecified atom stereocenters. The van der Waals surface area contributed by atoms with Gasteiger partial charge in [-0.25, -0.2) is 0 Å². The summed E-state index contributed by atoms with van der Waals surface area (Å²) in [4.78, 5) is 0. The van der Waals surface area contributed by atoms with Crippen LogP contribution in [0.5, 0.6) is 0 Å². The van der Waals surface area contributed by atoms with Gasteiger partial charge in [-0.05, 0) is 6.42 Å². The van der Waals surface area contributed by atoms with Crippen LogP contribution in [0.1, 0.15) is 51.0 Å². The molecular weight excluding hydrogens is 245 g/mol. The lowest BCUT2D eigenvalue weighted by Crippen LogP contribution is -2.17. The van der Waals surface area contributed by atoms with Crippen LogP contribution in [0.15, 0.2) is 6.20 Å². The Balaban J connectivity index is 2.89. The van der Waals surface area contributed by atoms with E-state index < -0.39 is 18.7 Å². The number of nitrogens with zero attached hydrogens (tertiary/aromatic N) is 2. The van der Waals surface area contributed by atoms with Crippen molar-refractivity contribution in [3.63, 3.8) is 0 Å². The zero-order valence-corrected chi connectivity index (χ0v) is 11.0. The van der Waals surface area contributed by atoms with E-state index in [0.717, 1.165) is 0 Å². The number of hydrogen-bond donors (Lipinski definition) is 1. The normalized spacial score (nSPS) is 14.9. The molecule has 1 N–H and O–H groups in total. The van der Waals surface area contributed by atoms with Gasteiger partial charge >= 0.3 is 6.18 Å². The van der Waals surface area contributed by atoms with E-state index in [-0.39, 0.29) is 11.8 Å². The van der Waals surface area contributed by atoms with Gasteiger partial charge in [-0.15, -0.1) is 0 Å². The molecule has 1 rings (SSSR count). The molecule has 0 spiro atoms. The quantitative estimate of drug-likeness (QED) is 0.911. The van der Waals surface area contributed by atoms with Crippen molar-refractivity contribution < 1.29 is 18.3 Å². The van der Waals surface area contributed by atoms with Gasteiger partial charge in [0, 0.05) is 30.6 Å². The van der Waals surface area contributed by atoms with Gasteiger partial charge in [0.15, 0.2) is 0 Å². The standard InChI is InChI=1S/C12H19F3N2O/c1-11(2,3)10-8(7-17(4)16-10)9(18)5-6-12(13,14)15/h7,9,18H,5-6H2,1-4H3. The van der Waals surface area contributed by atoms with Crippen LogP contribution in [0.25, 0.3) is 0 Å². The van der Waals surface area contributed by atoms with Crippen molar-refractivity contribution in [2.75, 3.05) is 0 Å². The number of aliphatic hydroxyl groups is 1. The lowest BCUT2D eigenvalue weighted by molar-refractivity contribution is -0.140. The van der Waals surface area contributed by atoms with Crippen LogP contribution in [-0.2, 0) is 12.5 Å². The molecule has 6 heteroatoms. The second-order valence-electron chi connectivity index (χ2n) is 5.53. The highest BCUT2D eigenvalue weighted by Crippen LogP contribution is 2.32. The molecule has 0 saturated heterocycles. The smallest absolute Gasteiger partial charge is 0.388 e. The molecule has 0 radical (unpaired) electrons. The summed E-state index contributed by atoms with van der Waals surface area (Å²) < 4.78 is 37.9. The lowest BCUT2D eigenvalue weighted by Gasteiger charge is -2.20. The number of aromatic nitrogens is 2. The van der Waals surface area contributed by atoms with Crippen LogP contribution < -0.4 is 0 Å². The fraction of sp³-hybridized carbons (Fsp3) is 0.750. The van der Waals surface area contributed by atoms with E-state index in [1.54, 1.807) is 13.2 Å². The number of aliphatic hydroxyl groups excluding tert-OH is 1. The third kappa shape index (κ3) is 4.01. The van der Waals surface area contributed by atoms with Crippen molar-refractivity contribution in [1.29, 1.82) is 0 Å². The fourth-order valence-electron chi connectivity index (χ4n) is 1.79. The molecule has 0 aliphatic heterocycles. The predicted octanol–water partition coefficient (Wildman–Crippen LogP) is 3.09. The molecule has 0 aliphatic carbocycles. The Morgan fingerprint density at radius 2 is 1.89 bits per heavy atom.